The summed E-state index contributed by atoms with van der Waals surface area (Å²) in [7, 11) is 0. The molecule has 0 aliphatic heterocycles. The highest BCUT2D eigenvalue weighted by atomic mass is 79.9. The zero-order valence-corrected chi connectivity index (χ0v) is 12.5. The van der Waals surface area contributed by atoms with Crippen LogP contribution in [0.5, 0.6) is 11.5 Å². The van der Waals surface area contributed by atoms with Gasteiger partial charge in [-0.2, -0.15) is 5.26 Å². The van der Waals surface area contributed by atoms with Gasteiger partial charge in [0.25, 0.3) is 0 Å². The highest BCUT2D eigenvalue weighted by Gasteiger charge is 2.05. The number of halogens is 2. The van der Waals surface area contributed by atoms with Crippen molar-refractivity contribution in [1.82, 2.24) is 0 Å². The second-order valence-corrected chi connectivity index (χ2v) is 5.10. The average Bonchev–Trinajstić information content (AvgIpc) is 2.40. The molecule has 0 radical (unpaired) electrons. The lowest BCUT2D eigenvalue weighted by molar-refractivity contribution is 0.478. The van der Waals surface area contributed by atoms with E-state index in [4.69, 9.17) is 10.00 Å². The van der Waals surface area contributed by atoms with Gasteiger partial charge in [-0.05, 0) is 36.4 Å². The summed E-state index contributed by atoms with van der Waals surface area (Å²) in [5, 5.41) is 9.46. The molecule has 18 heavy (non-hydrogen) atoms. The van der Waals surface area contributed by atoms with Crippen LogP contribution in [0, 0.1) is 11.3 Å². The molecule has 0 amide bonds. The molecule has 0 N–H and O–H groups in total. The van der Waals surface area contributed by atoms with Gasteiger partial charge in [0.15, 0.2) is 0 Å². The predicted octanol–water partition coefficient (Wildman–Crippen LogP) is 5.01. The van der Waals surface area contributed by atoms with Crippen LogP contribution in [-0.2, 0) is 5.33 Å². The van der Waals surface area contributed by atoms with Crippen LogP contribution in [-0.4, -0.2) is 0 Å². The lowest BCUT2D eigenvalue weighted by atomic mass is 10.2. The maximum atomic E-state index is 8.73. The standard InChI is InChI=1S/C14H9Br2NO/c15-8-11-3-4-12(16)7-14(11)18-13-5-1-10(9-17)2-6-13/h1-7H,8H2. The Hall–Kier alpha value is -1.31. The molecule has 90 valence electrons. The van der Waals surface area contributed by atoms with Gasteiger partial charge < -0.3 is 4.74 Å². The zero-order chi connectivity index (χ0) is 13.0. The van der Waals surface area contributed by atoms with Gasteiger partial charge in [-0.25, -0.2) is 0 Å². The monoisotopic (exact) mass is 365 g/mol. The molecule has 0 fully saturated rings. The van der Waals surface area contributed by atoms with Crippen molar-refractivity contribution in [3.05, 3.63) is 58.1 Å². The summed E-state index contributed by atoms with van der Waals surface area (Å²) in [6.45, 7) is 0. The predicted molar refractivity (Wildman–Crippen MR) is 78.0 cm³/mol. The van der Waals surface area contributed by atoms with Gasteiger partial charge in [0, 0.05) is 15.4 Å². The van der Waals surface area contributed by atoms with Crippen molar-refractivity contribution < 1.29 is 4.74 Å². The summed E-state index contributed by atoms with van der Waals surface area (Å²) in [4.78, 5) is 0. The van der Waals surface area contributed by atoms with E-state index < -0.39 is 0 Å². The molecule has 0 bridgehead atoms. The number of nitriles is 1. The molecule has 0 aliphatic carbocycles. The largest absolute Gasteiger partial charge is 0.457 e. The number of ether oxygens (including phenoxy) is 1. The minimum atomic E-state index is 0.623. The van der Waals surface area contributed by atoms with Crippen LogP contribution < -0.4 is 4.74 Å². The summed E-state index contributed by atoms with van der Waals surface area (Å²) < 4.78 is 6.78. The normalized spacial score (nSPS) is 9.83. The highest BCUT2D eigenvalue weighted by molar-refractivity contribution is 9.10. The average molecular weight is 367 g/mol. The minimum Gasteiger partial charge on any atom is -0.457 e. The molecule has 2 rings (SSSR count). The zero-order valence-electron chi connectivity index (χ0n) is 9.36. The highest BCUT2D eigenvalue weighted by Crippen LogP contribution is 2.30. The summed E-state index contributed by atoms with van der Waals surface area (Å²) in [5.41, 5.74) is 1.69. The molecule has 0 heterocycles. The Kier molecular flexibility index (Phi) is 4.40. The lowest BCUT2D eigenvalue weighted by Gasteiger charge is -2.10. The number of hydrogen-bond donors (Lipinski definition) is 0. The Morgan fingerprint density at radius 3 is 2.44 bits per heavy atom. The molecular formula is C14H9Br2NO. The third-order valence-corrected chi connectivity index (χ3v) is 3.48. The fourth-order valence-electron chi connectivity index (χ4n) is 1.46. The molecule has 0 saturated heterocycles. The van der Waals surface area contributed by atoms with Gasteiger partial charge in [-0.15, -0.1) is 0 Å². The Morgan fingerprint density at radius 1 is 1.11 bits per heavy atom. The Morgan fingerprint density at radius 2 is 1.83 bits per heavy atom. The van der Waals surface area contributed by atoms with Crippen molar-refractivity contribution >= 4 is 31.9 Å². The molecule has 0 aliphatic rings. The smallest absolute Gasteiger partial charge is 0.132 e. The van der Waals surface area contributed by atoms with Crippen molar-refractivity contribution in [2.75, 3.05) is 0 Å². The lowest BCUT2D eigenvalue weighted by Crippen LogP contribution is -1.89. The van der Waals surface area contributed by atoms with Gasteiger partial charge in [-0.1, -0.05) is 37.9 Å². The van der Waals surface area contributed by atoms with Crippen LogP contribution in [0.4, 0.5) is 0 Å². The first-order valence-electron chi connectivity index (χ1n) is 5.25. The van der Waals surface area contributed by atoms with E-state index in [-0.39, 0.29) is 0 Å². The summed E-state index contributed by atoms with van der Waals surface area (Å²) in [6.07, 6.45) is 0. The first-order valence-corrected chi connectivity index (χ1v) is 7.17. The van der Waals surface area contributed by atoms with E-state index >= 15 is 0 Å². The third-order valence-electron chi connectivity index (χ3n) is 2.38. The quantitative estimate of drug-likeness (QED) is 0.715. The van der Waals surface area contributed by atoms with E-state index in [2.05, 4.69) is 37.9 Å². The van der Waals surface area contributed by atoms with E-state index in [1.165, 1.54) is 0 Å². The van der Waals surface area contributed by atoms with E-state index in [0.29, 0.717) is 11.3 Å². The number of hydrogen-bond acceptors (Lipinski definition) is 2. The van der Waals surface area contributed by atoms with Gasteiger partial charge in [0.2, 0.25) is 0 Å². The Labute approximate surface area is 122 Å². The van der Waals surface area contributed by atoms with Gasteiger partial charge >= 0.3 is 0 Å². The Balaban J connectivity index is 2.27. The van der Waals surface area contributed by atoms with Crippen molar-refractivity contribution in [2.45, 2.75) is 5.33 Å². The molecule has 0 spiro atoms. The van der Waals surface area contributed by atoms with Crippen molar-refractivity contribution in [1.29, 1.82) is 5.26 Å². The summed E-state index contributed by atoms with van der Waals surface area (Å²) in [6, 6.07) is 15.0. The van der Waals surface area contributed by atoms with Crippen molar-refractivity contribution in [3.63, 3.8) is 0 Å². The third kappa shape index (κ3) is 3.12. The summed E-state index contributed by atoms with van der Waals surface area (Å²) >= 11 is 6.85. The molecule has 2 nitrogen and oxygen atoms in total. The van der Waals surface area contributed by atoms with E-state index in [1.54, 1.807) is 24.3 Å². The second kappa shape index (κ2) is 6.03. The number of benzene rings is 2. The van der Waals surface area contributed by atoms with Crippen molar-refractivity contribution in [2.24, 2.45) is 0 Å². The van der Waals surface area contributed by atoms with E-state index in [1.807, 2.05) is 18.2 Å². The second-order valence-electron chi connectivity index (χ2n) is 3.62. The molecule has 0 unspecified atom stereocenters. The van der Waals surface area contributed by atoms with Crippen LogP contribution in [0.1, 0.15) is 11.1 Å². The molecular weight excluding hydrogens is 358 g/mol. The fraction of sp³-hybridized carbons (Fsp3) is 0.0714. The van der Waals surface area contributed by atoms with E-state index in [9.17, 15) is 0 Å². The van der Waals surface area contributed by atoms with Gasteiger partial charge in [-0.3, -0.25) is 0 Å². The van der Waals surface area contributed by atoms with Gasteiger partial charge in [0.05, 0.1) is 11.6 Å². The molecule has 0 aromatic heterocycles. The molecule has 4 heteroatoms. The summed E-state index contributed by atoms with van der Waals surface area (Å²) in [5.74, 6) is 1.51. The van der Waals surface area contributed by atoms with Crippen molar-refractivity contribution in [3.8, 4) is 17.6 Å². The van der Waals surface area contributed by atoms with Crippen LogP contribution in [0.3, 0.4) is 0 Å². The first-order chi connectivity index (χ1) is 8.72. The number of rotatable bonds is 3. The molecule has 2 aromatic rings. The van der Waals surface area contributed by atoms with Crippen LogP contribution >= 0.6 is 31.9 Å². The fourth-order valence-corrected chi connectivity index (χ4v) is 2.26. The minimum absolute atomic E-state index is 0.623. The molecule has 0 atom stereocenters. The Bertz CT molecular complexity index is 588. The topological polar surface area (TPSA) is 33.0 Å². The SMILES string of the molecule is N#Cc1ccc(Oc2cc(Br)ccc2CBr)cc1. The van der Waals surface area contributed by atoms with Crippen LogP contribution in [0.2, 0.25) is 0 Å². The molecule has 2 aromatic carbocycles. The van der Waals surface area contributed by atoms with Crippen LogP contribution in [0.25, 0.3) is 0 Å². The molecule has 0 saturated carbocycles. The number of nitrogens with zero attached hydrogens (tertiary/aromatic N) is 1. The maximum absolute atomic E-state index is 8.73. The first kappa shape index (κ1) is 13.1. The van der Waals surface area contributed by atoms with Gasteiger partial charge in [0.1, 0.15) is 11.5 Å². The van der Waals surface area contributed by atoms with Crippen LogP contribution in [0.15, 0.2) is 46.9 Å². The number of alkyl halides is 1. The maximum Gasteiger partial charge on any atom is 0.132 e. The van der Waals surface area contributed by atoms with E-state index in [0.717, 1.165) is 21.1 Å².